The van der Waals surface area contributed by atoms with E-state index in [4.69, 9.17) is 18.6 Å². The highest BCUT2D eigenvalue weighted by molar-refractivity contribution is 5.91. The third-order valence-corrected chi connectivity index (χ3v) is 5.06. The van der Waals surface area contributed by atoms with Gasteiger partial charge >= 0.3 is 5.97 Å². The first-order chi connectivity index (χ1) is 15.5. The minimum atomic E-state index is -0.933. The Bertz CT molecular complexity index is 1040. The molecule has 0 atom stereocenters. The number of oxazole rings is 1. The van der Waals surface area contributed by atoms with E-state index in [1.165, 1.54) is 0 Å². The molecule has 32 heavy (non-hydrogen) atoms. The molecule has 0 fully saturated rings. The number of hydrogen-bond donors (Lipinski definition) is 1. The van der Waals surface area contributed by atoms with Gasteiger partial charge in [-0.05, 0) is 42.7 Å². The molecule has 0 radical (unpaired) electrons. The molecule has 3 aromatic rings. The summed E-state index contributed by atoms with van der Waals surface area (Å²) in [5, 5.41) is 9.38. The molecule has 7 heteroatoms. The lowest BCUT2D eigenvalue weighted by atomic mass is 10.0. The van der Waals surface area contributed by atoms with Crippen molar-refractivity contribution in [3.8, 4) is 17.2 Å². The van der Waals surface area contributed by atoms with Gasteiger partial charge in [-0.15, -0.1) is 0 Å². The molecule has 170 valence electrons. The van der Waals surface area contributed by atoms with E-state index in [0.29, 0.717) is 43.3 Å². The summed E-state index contributed by atoms with van der Waals surface area (Å²) in [7, 11) is 1.63. The highest BCUT2D eigenvalue weighted by Crippen LogP contribution is 2.26. The molecule has 0 aliphatic carbocycles. The molecule has 1 aromatic heterocycles. The fourth-order valence-electron chi connectivity index (χ4n) is 3.42. The number of nitrogens with zero attached hydrogens (tertiary/aromatic N) is 1. The van der Waals surface area contributed by atoms with E-state index in [1.807, 2.05) is 37.3 Å². The number of carboxylic acid groups (broad SMARTS) is 1. The van der Waals surface area contributed by atoms with E-state index < -0.39 is 5.97 Å². The molecule has 7 nitrogen and oxygen atoms in total. The average Bonchev–Trinajstić information content (AvgIpc) is 3.21. The molecule has 0 bridgehead atoms. The van der Waals surface area contributed by atoms with E-state index in [0.717, 1.165) is 34.8 Å². The molecule has 0 aliphatic rings. The van der Waals surface area contributed by atoms with Crippen LogP contribution in [-0.4, -0.2) is 36.4 Å². The molecule has 1 N–H and O–H groups in total. The third-order valence-electron chi connectivity index (χ3n) is 5.06. The summed E-state index contributed by atoms with van der Waals surface area (Å²) in [6.45, 7) is 5.40. The summed E-state index contributed by atoms with van der Waals surface area (Å²) in [5.74, 6) is 1.17. The number of methoxy groups -OCH3 is 1. The molecular weight excluding hydrogens is 410 g/mol. The predicted molar refractivity (Wildman–Crippen MR) is 120 cm³/mol. The second-order valence-electron chi connectivity index (χ2n) is 7.35. The van der Waals surface area contributed by atoms with Gasteiger partial charge in [-0.1, -0.05) is 31.2 Å². The van der Waals surface area contributed by atoms with Crippen LogP contribution in [0.1, 0.15) is 46.3 Å². The van der Waals surface area contributed by atoms with Crippen molar-refractivity contribution < 1.29 is 28.5 Å². The number of ether oxygens (including phenoxy) is 3. The van der Waals surface area contributed by atoms with Crippen molar-refractivity contribution in [2.24, 2.45) is 0 Å². The first-order valence-electron chi connectivity index (χ1n) is 10.6. The lowest BCUT2D eigenvalue weighted by Gasteiger charge is -2.10. The smallest absolute Gasteiger partial charge is 0.336 e. The Morgan fingerprint density at radius 1 is 1.09 bits per heavy atom. The molecular formula is C25H29NO6. The molecule has 0 saturated heterocycles. The van der Waals surface area contributed by atoms with Crippen molar-refractivity contribution in [1.29, 1.82) is 0 Å². The molecule has 0 amide bonds. The summed E-state index contributed by atoms with van der Waals surface area (Å²) in [5.41, 5.74) is 3.37. The van der Waals surface area contributed by atoms with Crippen LogP contribution in [0, 0.1) is 6.92 Å². The monoisotopic (exact) mass is 439 g/mol. The summed E-state index contributed by atoms with van der Waals surface area (Å²) < 4.78 is 22.6. The van der Waals surface area contributed by atoms with E-state index >= 15 is 0 Å². The normalized spacial score (nSPS) is 11.0. The van der Waals surface area contributed by atoms with Gasteiger partial charge in [-0.25, -0.2) is 9.78 Å². The van der Waals surface area contributed by atoms with Crippen LogP contribution in [0.3, 0.4) is 0 Å². The topological polar surface area (TPSA) is 91.0 Å². The largest absolute Gasteiger partial charge is 0.497 e. The number of rotatable bonds is 12. The molecule has 0 saturated carbocycles. The third kappa shape index (κ3) is 5.96. The lowest BCUT2D eigenvalue weighted by Crippen LogP contribution is -2.08. The number of hydrogen-bond acceptors (Lipinski definition) is 6. The standard InChI is InChI=1S/C25H29NO6/c1-4-22-21(26-24(32-22)18-9-6-11-20(14-18)29-3)16-31-13-7-12-30-15-19-10-5-8-17(2)23(19)25(27)28/h5-6,8-11,14H,4,7,12-13,15-16H2,1-3H3,(H,27,28). The van der Waals surface area contributed by atoms with E-state index in [2.05, 4.69) is 4.98 Å². The summed E-state index contributed by atoms with van der Waals surface area (Å²) >= 11 is 0. The van der Waals surface area contributed by atoms with E-state index in [9.17, 15) is 9.90 Å². The van der Waals surface area contributed by atoms with E-state index in [-0.39, 0.29) is 6.61 Å². The van der Waals surface area contributed by atoms with Crippen molar-refractivity contribution >= 4 is 5.97 Å². The van der Waals surface area contributed by atoms with Gasteiger partial charge in [-0.2, -0.15) is 0 Å². The zero-order valence-electron chi connectivity index (χ0n) is 18.7. The van der Waals surface area contributed by atoms with Crippen LogP contribution in [0.15, 0.2) is 46.9 Å². The Balaban J connectivity index is 1.46. The predicted octanol–water partition coefficient (Wildman–Crippen LogP) is 5.04. The second kappa shape index (κ2) is 11.5. The van der Waals surface area contributed by atoms with Crippen molar-refractivity contribution in [2.45, 2.75) is 39.9 Å². The van der Waals surface area contributed by atoms with Crippen LogP contribution in [0.25, 0.3) is 11.5 Å². The summed E-state index contributed by atoms with van der Waals surface area (Å²) in [6.07, 6.45) is 1.41. The average molecular weight is 440 g/mol. The Hall–Kier alpha value is -3.16. The molecule has 1 heterocycles. The number of carbonyl (C=O) groups is 1. The maximum atomic E-state index is 11.4. The number of carboxylic acids is 1. The highest BCUT2D eigenvalue weighted by Gasteiger charge is 2.15. The zero-order chi connectivity index (χ0) is 22.9. The van der Waals surface area contributed by atoms with Gasteiger partial charge in [-0.3, -0.25) is 0 Å². The molecule has 3 rings (SSSR count). The number of aromatic nitrogens is 1. The van der Waals surface area contributed by atoms with Gasteiger partial charge in [0.25, 0.3) is 0 Å². The Kier molecular flexibility index (Phi) is 8.41. The number of benzene rings is 2. The van der Waals surface area contributed by atoms with Gasteiger partial charge < -0.3 is 23.7 Å². The second-order valence-corrected chi connectivity index (χ2v) is 7.35. The maximum absolute atomic E-state index is 11.4. The Morgan fingerprint density at radius 2 is 1.84 bits per heavy atom. The fraction of sp³-hybridized carbons (Fsp3) is 0.360. The van der Waals surface area contributed by atoms with Gasteiger partial charge in [0.15, 0.2) is 0 Å². The van der Waals surface area contributed by atoms with Crippen LogP contribution in [0.2, 0.25) is 0 Å². The van der Waals surface area contributed by atoms with Crippen LogP contribution < -0.4 is 4.74 Å². The van der Waals surface area contributed by atoms with Crippen LogP contribution in [-0.2, 0) is 29.1 Å². The molecule has 2 aromatic carbocycles. The summed E-state index contributed by atoms with van der Waals surface area (Å²) in [6, 6.07) is 13.0. The van der Waals surface area contributed by atoms with Gasteiger partial charge in [0.05, 0.1) is 25.9 Å². The van der Waals surface area contributed by atoms with Crippen molar-refractivity contribution in [3.63, 3.8) is 0 Å². The van der Waals surface area contributed by atoms with E-state index in [1.54, 1.807) is 26.2 Å². The minimum Gasteiger partial charge on any atom is -0.497 e. The SMILES string of the molecule is CCc1oc(-c2cccc(OC)c2)nc1COCCCOCc1cccc(C)c1C(=O)O. The first kappa shape index (κ1) is 23.5. The van der Waals surface area contributed by atoms with Crippen LogP contribution in [0.5, 0.6) is 5.75 Å². The van der Waals surface area contributed by atoms with Gasteiger partial charge in [0.1, 0.15) is 17.2 Å². The summed E-state index contributed by atoms with van der Waals surface area (Å²) in [4.78, 5) is 16.0. The van der Waals surface area contributed by atoms with Gasteiger partial charge in [0, 0.05) is 25.2 Å². The van der Waals surface area contributed by atoms with Gasteiger partial charge in [0.2, 0.25) is 5.89 Å². The molecule has 0 aliphatic heterocycles. The number of aromatic carboxylic acids is 1. The minimum absolute atomic E-state index is 0.260. The molecule has 0 spiro atoms. The maximum Gasteiger partial charge on any atom is 0.336 e. The van der Waals surface area contributed by atoms with Crippen molar-refractivity contribution in [2.75, 3.05) is 20.3 Å². The highest BCUT2D eigenvalue weighted by atomic mass is 16.5. The Labute approximate surface area is 188 Å². The molecule has 0 unspecified atom stereocenters. The van der Waals surface area contributed by atoms with Crippen molar-refractivity contribution in [1.82, 2.24) is 4.98 Å². The quantitative estimate of drug-likeness (QED) is 0.395. The van der Waals surface area contributed by atoms with Crippen LogP contribution in [0.4, 0.5) is 0 Å². The zero-order valence-corrected chi connectivity index (χ0v) is 18.7. The van der Waals surface area contributed by atoms with Crippen molar-refractivity contribution in [3.05, 3.63) is 70.6 Å². The Morgan fingerprint density at radius 3 is 2.56 bits per heavy atom. The lowest BCUT2D eigenvalue weighted by molar-refractivity contribution is 0.0639. The first-order valence-corrected chi connectivity index (χ1v) is 10.6. The fourth-order valence-corrected chi connectivity index (χ4v) is 3.42. The van der Waals surface area contributed by atoms with Crippen LogP contribution >= 0.6 is 0 Å². The number of aryl methyl sites for hydroxylation is 2.